The average molecular weight is 402 g/mol. The summed E-state index contributed by atoms with van der Waals surface area (Å²) in [4.78, 5) is 33.0. The van der Waals surface area contributed by atoms with E-state index in [1.807, 2.05) is 62.7 Å². The van der Waals surface area contributed by atoms with Crippen LogP contribution in [0.3, 0.4) is 0 Å². The molecule has 0 bridgehead atoms. The summed E-state index contributed by atoms with van der Waals surface area (Å²) >= 11 is 0. The van der Waals surface area contributed by atoms with E-state index in [0.717, 1.165) is 18.7 Å². The molecule has 2 N–H and O–H groups in total. The van der Waals surface area contributed by atoms with Gasteiger partial charge in [-0.3, -0.25) is 14.6 Å². The van der Waals surface area contributed by atoms with E-state index in [1.165, 1.54) is 5.56 Å². The van der Waals surface area contributed by atoms with Gasteiger partial charge in [-0.25, -0.2) is 0 Å². The lowest BCUT2D eigenvalue weighted by molar-refractivity contribution is -0.122. The maximum atomic E-state index is 12.6. The van der Waals surface area contributed by atoms with Crippen LogP contribution < -0.4 is 15.5 Å². The van der Waals surface area contributed by atoms with Crippen LogP contribution in [-0.2, 0) is 16.0 Å². The van der Waals surface area contributed by atoms with Gasteiger partial charge in [0.05, 0.1) is 6.54 Å². The van der Waals surface area contributed by atoms with Crippen molar-refractivity contribution in [2.24, 2.45) is 4.99 Å². The lowest BCUT2D eigenvalue weighted by Gasteiger charge is -2.25. The highest BCUT2D eigenvalue weighted by Crippen LogP contribution is 2.27. The number of benzene rings is 1. The third-order valence-corrected chi connectivity index (χ3v) is 4.59. The Morgan fingerprint density at radius 1 is 1.24 bits per heavy atom. The van der Waals surface area contributed by atoms with E-state index in [9.17, 15) is 9.59 Å². The molecular weight excluding hydrogens is 366 g/mol. The van der Waals surface area contributed by atoms with Crippen LogP contribution in [0.15, 0.2) is 29.3 Å². The lowest BCUT2D eigenvalue weighted by atomic mass is 10.1. The summed E-state index contributed by atoms with van der Waals surface area (Å²) in [7, 11) is 1.84. The maximum Gasteiger partial charge on any atom is 0.240 e. The monoisotopic (exact) mass is 401 g/mol. The highest BCUT2D eigenvalue weighted by atomic mass is 16.2. The van der Waals surface area contributed by atoms with Crippen LogP contribution in [0.5, 0.6) is 0 Å². The number of nitrogens with one attached hydrogen (secondary N) is 2. The first-order chi connectivity index (χ1) is 13.7. The second-order valence-electron chi connectivity index (χ2n) is 8.42. The Morgan fingerprint density at radius 2 is 1.97 bits per heavy atom. The molecule has 1 aromatic rings. The predicted octanol–water partition coefficient (Wildman–Crippen LogP) is 2.17. The smallest absolute Gasteiger partial charge is 0.240 e. The number of nitrogens with zero attached hydrogens (tertiary/aromatic N) is 3. The van der Waals surface area contributed by atoms with Crippen molar-refractivity contribution in [2.75, 3.05) is 38.1 Å². The van der Waals surface area contributed by atoms with E-state index in [-0.39, 0.29) is 23.9 Å². The summed E-state index contributed by atoms with van der Waals surface area (Å²) < 4.78 is 0. The molecular formula is C22H35N5O2. The van der Waals surface area contributed by atoms with Crippen LogP contribution in [0.1, 0.15) is 46.1 Å². The number of aliphatic imine (C=N–C) groups is 1. The standard InChI is InChI=1S/C22H35N5O2/c1-6-23-21(26(5)16-19(28)25-22(2,3)4)24-14-9-12-20(29)27-15-13-17-10-7-8-11-18(17)27/h7-8,10-11H,6,9,12-16H2,1-5H3,(H,23,24)(H,25,28). The number of anilines is 1. The third-order valence-electron chi connectivity index (χ3n) is 4.59. The summed E-state index contributed by atoms with van der Waals surface area (Å²) in [5.74, 6) is 0.775. The summed E-state index contributed by atoms with van der Waals surface area (Å²) in [6.45, 7) is 10.1. The topological polar surface area (TPSA) is 77.0 Å². The first-order valence-corrected chi connectivity index (χ1v) is 10.4. The molecule has 1 aliphatic heterocycles. The number of rotatable bonds is 7. The van der Waals surface area contributed by atoms with Gasteiger partial charge in [-0.15, -0.1) is 0 Å². The zero-order valence-electron chi connectivity index (χ0n) is 18.4. The molecule has 0 aromatic heterocycles. The molecule has 0 atom stereocenters. The molecule has 2 amide bonds. The quantitative estimate of drug-likeness (QED) is 0.417. The number of carbonyl (C=O) groups excluding carboxylic acids is 2. The molecule has 0 unspecified atom stereocenters. The number of hydrogen-bond donors (Lipinski definition) is 2. The fraction of sp³-hybridized carbons (Fsp3) is 0.591. The predicted molar refractivity (Wildman–Crippen MR) is 118 cm³/mol. The molecule has 0 spiro atoms. The first-order valence-electron chi connectivity index (χ1n) is 10.4. The summed E-state index contributed by atoms with van der Waals surface area (Å²) in [5, 5.41) is 6.16. The van der Waals surface area contributed by atoms with Gasteiger partial charge in [0.25, 0.3) is 0 Å². The number of hydrogen-bond acceptors (Lipinski definition) is 3. The van der Waals surface area contributed by atoms with E-state index < -0.39 is 0 Å². The third kappa shape index (κ3) is 7.07. The average Bonchev–Trinajstić information content (AvgIpc) is 3.06. The molecule has 7 nitrogen and oxygen atoms in total. The highest BCUT2D eigenvalue weighted by molar-refractivity contribution is 5.95. The molecule has 29 heavy (non-hydrogen) atoms. The fourth-order valence-electron chi connectivity index (χ4n) is 3.37. The molecule has 0 saturated heterocycles. The molecule has 7 heteroatoms. The number of amides is 2. The van der Waals surface area contributed by atoms with Crippen molar-refractivity contribution in [2.45, 2.75) is 52.5 Å². The van der Waals surface area contributed by atoms with Gasteiger partial charge in [-0.05, 0) is 52.2 Å². The Labute approximate surface area is 174 Å². The van der Waals surface area contributed by atoms with E-state index in [1.54, 1.807) is 0 Å². The number of fused-ring (bicyclic) bond motifs is 1. The number of para-hydroxylation sites is 1. The minimum atomic E-state index is -0.262. The van der Waals surface area contributed by atoms with E-state index in [0.29, 0.717) is 31.9 Å². The highest BCUT2D eigenvalue weighted by Gasteiger charge is 2.23. The van der Waals surface area contributed by atoms with E-state index in [4.69, 9.17) is 0 Å². The Kier molecular flexibility index (Phi) is 8.05. The number of guanidine groups is 1. The summed E-state index contributed by atoms with van der Waals surface area (Å²) in [6.07, 6.45) is 2.06. The van der Waals surface area contributed by atoms with Crippen molar-refractivity contribution in [1.29, 1.82) is 0 Å². The van der Waals surface area contributed by atoms with Crippen molar-refractivity contribution >= 4 is 23.5 Å². The van der Waals surface area contributed by atoms with Crippen LogP contribution in [0.2, 0.25) is 0 Å². The van der Waals surface area contributed by atoms with Gasteiger partial charge >= 0.3 is 0 Å². The van der Waals surface area contributed by atoms with E-state index >= 15 is 0 Å². The van der Waals surface area contributed by atoms with Gasteiger partial charge < -0.3 is 20.4 Å². The minimum absolute atomic E-state index is 0.0477. The molecule has 0 radical (unpaired) electrons. The van der Waals surface area contributed by atoms with Crippen LogP contribution in [0, 0.1) is 0 Å². The zero-order valence-corrected chi connectivity index (χ0v) is 18.4. The largest absolute Gasteiger partial charge is 0.357 e. The van der Waals surface area contributed by atoms with E-state index in [2.05, 4.69) is 21.7 Å². The van der Waals surface area contributed by atoms with Crippen molar-refractivity contribution < 1.29 is 9.59 Å². The summed E-state index contributed by atoms with van der Waals surface area (Å²) in [6, 6.07) is 8.09. The fourth-order valence-corrected chi connectivity index (χ4v) is 3.37. The Bertz CT molecular complexity index is 739. The molecule has 0 aliphatic carbocycles. The van der Waals surface area contributed by atoms with Gasteiger partial charge in [-0.2, -0.15) is 0 Å². The van der Waals surface area contributed by atoms with Crippen molar-refractivity contribution in [3.8, 4) is 0 Å². The Morgan fingerprint density at radius 3 is 2.66 bits per heavy atom. The van der Waals surface area contributed by atoms with Crippen LogP contribution in [-0.4, -0.2) is 61.4 Å². The van der Waals surface area contributed by atoms with Crippen LogP contribution >= 0.6 is 0 Å². The first kappa shape index (κ1) is 22.7. The zero-order chi connectivity index (χ0) is 21.4. The molecule has 0 fully saturated rings. The second-order valence-corrected chi connectivity index (χ2v) is 8.42. The SMILES string of the molecule is CCNC(=NCCCC(=O)N1CCc2ccccc21)N(C)CC(=O)NC(C)(C)C. The molecule has 1 aliphatic rings. The maximum absolute atomic E-state index is 12.6. The normalized spacial score (nSPS) is 13.8. The Balaban J connectivity index is 1.84. The molecule has 1 heterocycles. The van der Waals surface area contributed by atoms with Crippen molar-refractivity contribution in [3.05, 3.63) is 29.8 Å². The number of carbonyl (C=O) groups is 2. The number of likely N-dealkylation sites (N-methyl/N-ethyl adjacent to an activating group) is 1. The second kappa shape index (κ2) is 10.3. The summed E-state index contributed by atoms with van der Waals surface area (Å²) in [5.41, 5.74) is 2.02. The molecule has 1 aromatic carbocycles. The lowest BCUT2D eigenvalue weighted by Crippen LogP contribution is -2.48. The minimum Gasteiger partial charge on any atom is -0.357 e. The van der Waals surface area contributed by atoms with Crippen LogP contribution in [0.4, 0.5) is 5.69 Å². The van der Waals surface area contributed by atoms with Gasteiger partial charge in [0, 0.05) is 44.3 Å². The van der Waals surface area contributed by atoms with Gasteiger partial charge in [0.15, 0.2) is 5.96 Å². The molecule has 0 saturated carbocycles. The van der Waals surface area contributed by atoms with Crippen molar-refractivity contribution in [3.63, 3.8) is 0 Å². The molecule has 160 valence electrons. The van der Waals surface area contributed by atoms with Gasteiger partial charge in [-0.1, -0.05) is 18.2 Å². The van der Waals surface area contributed by atoms with Crippen LogP contribution in [0.25, 0.3) is 0 Å². The van der Waals surface area contributed by atoms with Crippen molar-refractivity contribution in [1.82, 2.24) is 15.5 Å². The Hall–Kier alpha value is -2.57. The van der Waals surface area contributed by atoms with Gasteiger partial charge in [0.2, 0.25) is 11.8 Å². The molecule has 2 rings (SSSR count). The van der Waals surface area contributed by atoms with Gasteiger partial charge in [0.1, 0.15) is 0 Å².